The number of carbonyl (C=O) groups is 1. The first kappa shape index (κ1) is 17.4. The monoisotopic (exact) mass is 284 g/mol. The Morgan fingerprint density at radius 3 is 2.20 bits per heavy atom. The van der Waals surface area contributed by atoms with Gasteiger partial charge in [0, 0.05) is 44.8 Å². The van der Waals surface area contributed by atoms with Crippen LogP contribution in [0.2, 0.25) is 0 Å². The third kappa shape index (κ3) is 4.72. The molecule has 1 heterocycles. The molecule has 1 amide bonds. The Morgan fingerprint density at radius 2 is 1.75 bits per heavy atom. The number of rotatable bonds is 6. The number of carbonyl (C=O) groups excluding carboxylic acids is 1. The van der Waals surface area contributed by atoms with Gasteiger partial charge in [-0.3, -0.25) is 14.6 Å². The number of nitrogens with zero attached hydrogens (tertiary/aromatic N) is 2. The molecule has 1 atom stereocenters. The fraction of sp³-hybridized carbons (Fsp3) is 0.933. The van der Waals surface area contributed by atoms with Gasteiger partial charge in [-0.2, -0.15) is 0 Å². The number of hydrogen-bond donors (Lipinski definition) is 2. The van der Waals surface area contributed by atoms with Crippen LogP contribution in [0.15, 0.2) is 0 Å². The molecule has 5 nitrogen and oxygen atoms in total. The molecule has 1 fully saturated rings. The lowest BCUT2D eigenvalue weighted by molar-refractivity contribution is -0.127. The van der Waals surface area contributed by atoms with E-state index in [9.17, 15) is 4.79 Å². The van der Waals surface area contributed by atoms with Crippen LogP contribution in [0.5, 0.6) is 0 Å². The summed E-state index contributed by atoms with van der Waals surface area (Å²) in [5.74, 6) is 0.638. The van der Waals surface area contributed by atoms with Crippen molar-refractivity contribution < 1.29 is 4.79 Å². The molecule has 0 bridgehead atoms. The van der Waals surface area contributed by atoms with E-state index >= 15 is 0 Å². The quantitative estimate of drug-likeness (QED) is 0.746. The normalized spacial score (nSPS) is 20.1. The van der Waals surface area contributed by atoms with E-state index in [0.717, 1.165) is 32.7 Å². The third-order valence-corrected chi connectivity index (χ3v) is 4.28. The molecule has 0 saturated carbocycles. The van der Waals surface area contributed by atoms with Crippen molar-refractivity contribution in [3.63, 3.8) is 0 Å². The average molecular weight is 284 g/mol. The van der Waals surface area contributed by atoms with E-state index in [1.165, 1.54) is 0 Å². The molecule has 1 aliphatic heterocycles. The summed E-state index contributed by atoms with van der Waals surface area (Å²) in [4.78, 5) is 16.8. The van der Waals surface area contributed by atoms with E-state index in [1.54, 1.807) is 0 Å². The second-order valence-corrected chi connectivity index (χ2v) is 6.85. The van der Waals surface area contributed by atoms with Crippen LogP contribution in [-0.2, 0) is 4.79 Å². The fourth-order valence-corrected chi connectivity index (χ4v) is 2.46. The SMILES string of the molecule is CC(C)CNC(=O)C(C)N1CCN(C(C)(C)CN)CC1. The van der Waals surface area contributed by atoms with Gasteiger partial charge in [-0.15, -0.1) is 0 Å². The Hall–Kier alpha value is -0.650. The van der Waals surface area contributed by atoms with Crippen molar-refractivity contribution >= 4 is 5.91 Å². The Morgan fingerprint density at radius 1 is 1.20 bits per heavy atom. The minimum atomic E-state index is -0.0445. The lowest BCUT2D eigenvalue weighted by atomic mass is 10.0. The van der Waals surface area contributed by atoms with E-state index < -0.39 is 0 Å². The third-order valence-electron chi connectivity index (χ3n) is 4.28. The summed E-state index contributed by atoms with van der Waals surface area (Å²) in [6.45, 7) is 15.8. The van der Waals surface area contributed by atoms with Crippen LogP contribution in [0.25, 0.3) is 0 Å². The zero-order valence-electron chi connectivity index (χ0n) is 13.8. The molecule has 1 aliphatic rings. The summed E-state index contributed by atoms with van der Waals surface area (Å²) in [5.41, 5.74) is 5.88. The summed E-state index contributed by atoms with van der Waals surface area (Å²) < 4.78 is 0. The van der Waals surface area contributed by atoms with Crippen LogP contribution < -0.4 is 11.1 Å². The molecule has 1 unspecified atom stereocenters. The molecular weight excluding hydrogens is 252 g/mol. The zero-order chi connectivity index (χ0) is 15.3. The summed E-state index contributed by atoms with van der Waals surface area (Å²) in [7, 11) is 0. The highest BCUT2D eigenvalue weighted by Crippen LogP contribution is 2.16. The largest absolute Gasteiger partial charge is 0.354 e. The van der Waals surface area contributed by atoms with Crippen LogP contribution in [0.3, 0.4) is 0 Å². The topological polar surface area (TPSA) is 61.6 Å². The maximum Gasteiger partial charge on any atom is 0.237 e. The Labute approximate surface area is 123 Å². The van der Waals surface area contributed by atoms with Crippen molar-refractivity contribution in [3.8, 4) is 0 Å². The zero-order valence-corrected chi connectivity index (χ0v) is 13.8. The summed E-state index contributed by atoms with van der Waals surface area (Å²) in [6, 6.07) is -0.0445. The van der Waals surface area contributed by atoms with Crippen molar-refractivity contribution in [2.45, 2.75) is 46.2 Å². The lowest BCUT2D eigenvalue weighted by Crippen LogP contribution is -2.60. The molecule has 3 N–H and O–H groups in total. The van der Waals surface area contributed by atoms with Gasteiger partial charge in [0.25, 0.3) is 0 Å². The molecule has 0 radical (unpaired) electrons. The van der Waals surface area contributed by atoms with Crippen molar-refractivity contribution in [2.75, 3.05) is 39.3 Å². The van der Waals surface area contributed by atoms with Gasteiger partial charge in [0.05, 0.1) is 6.04 Å². The first-order valence-corrected chi connectivity index (χ1v) is 7.75. The second kappa shape index (κ2) is 7.38. The summed E-state index contributed by atoms with van der Waals surface area (Å²) in [6.07, 6.45) is 0. The van der Waals surface area contributed by atoms with Crippen molar-refractivity contribution in [1.82, 2.24) is 15.1 Å². The first-order valence-electron chi connectivity index (χ1n) is 7.75. The average Bonchev–Trinajstić information content (AvgIpc) is 2.44. The van der Waals surface area contributed by atoms with Gasteiger partial charge in [0.15, 0.2) is 0 Å². The predicted molar refractivity (Wildman–Crippen MR) is 83.6 cm³/mol. The molecule has 20 heavy (non-hydrogen) atoms. The highest BCUT2D eigenvalue weighted by Gasteiger charge is 2.31. The van der Waals surface area contributed by atoms with Crippen molar-refractivity contribution in [1.29, 1.82) is 0 Å². The van der Waals surface area contributed by atoms with E-state index in [1.807, 2.05) is 6.92 Å². The van der Waals surface area contributed by atoms with E-state index in [0.29, 0.717) is 12.5 Å². The van der Waals surface area contributed by atoms with E-state index in [-0.39, 0.29) is 17.5 Å². The Bertz CT molecular complexity index is 309. The van der Waals surface area contributed by atoms with Crippen molar-refractivity contribution in [2.24, 2.45) is 11.7 Å². The van der Waals surface area contributed by atoms with Crippen LogP contribution in [0.1, 0.15) is 34.6 Å². The number of hydrogen-bond acceptors (Lipinski definition) is 4. The van der Waals surface area contributed by atoms with Crippen LogP contribution in [0.4, 0.5) is 0 Å². The molecule has 1 rings (SSSR count). The molecule has 0 aromatic rings. The number of piperazine rings is 1. The molecule has 118 valence electrons. The molecule has 0 spiro atoms. The van der Waals surface area contributed by atoms with Gasteiger partial charge in [-0.25, -0.2) is 0 Å². The van der Waals surface area contributed by atoms with Crippen LogP contribution in [-0.4, -0.2) is 66.6 Å². The number of nitrogens with two attached hydrogens (primary N) is 1. The molecule has 0 aromatic carbocycles. The van der Waals surface area contributed by atoms with Gasteiger partial charge in [0.2, 0.25) is 5.91 Å². The first-order chi connectivity index (χ1) is 9.27. The van der Waals surface area contributed by atoms with Crippen molar-refractivity contribution in [3.05, 3.63) is 0 Å². The van der Waals surface area contributed by atoms with Gasteiger partial charge in [-0.05, 0) is 26.7 Å². The van der Waals surface area contributed by atoms with Gasteiger partial charge in [0.1, 0.15) is 0 Å². The fourth-order valence-electron chi connectivity index (χ4n) is 2.46. The standard InChI is InChI=1S/C15H32N4O/c1-12(2)10-17-14(20)13(3)18-6-8-19(9-7-18)15(4,5)11-16/h12-13H,6-11,16H2,1-5H3,(H,17,20). The highest BCUT2D eigenvalue weighted by atomic mass is 16.2. The molecule has 0 aliphatic carbocycles. The minimum Gasteiger partial charge on any atom is -0.354 e. The molecule has 0 aromatic heterocycles. The molecule has 1 saturated heterocycles. The van der Waals surface area contributed by atoms with Crippen LogP contribution >= 0.6 is 0 Å². The van der Waals surface area contributed by atoms with Crippen LogP contribution in [0, 0.1) is 5.92 Å². The van der Waals surface area contributed by atoms with E-state index in [4.69, 9.17) is 5.73 Å². The van der Waals surface area contributed by atoms with Gasteiger partial charge >= 0.3 is 0 Å². The Balaban J connectivity index is 2.42. The molecule has 5 heteroatoms. The smallest absolute Gasteiger partial charge is 0.237 e. The van der Waals surface area contributed by atoms with E-state index in [2.05, 4.69) is 42.8 Å². The highest BCUT2D eigenvalue weighted by molar-refractivity contribution is 5.81. The maximum atomic E-state index is 12.1. The minimum absolute atomic E-state index is 0.0445. The second-order valence-electron chi connectivity index (χ2n) is 6.85. The number of amides is 1. The predicted octanol–water partition coefficient (Wildman–Crippen LogP) is 0.502. The molecular formula is C15H32N4O. The number of nitrogens with one attached hydrogen (secondary N) is 1. The summed E-state index contributed by atoms with van der Waals surface area (Å²) in [5, 5.41) is 3.02. The Kier molecular flexibility index (Phi) is 6.43. The van der Waals surface area contributed by atoms with Gasteiger partial charge in [-0.1, -0.05) is 13.8 Å². The summed E-state index contributed by atoms with van der Waals surface area (Å²) >= 11 is 0. The lowest BCUT2D eigenvalue weighted by Gasteiger charge is -2.44. The maximum absolute atomic E-state index is 12.1. The van der Waals surface area contributed by atoms with Gasteiger partial charge < -0.3 is 11.1 Å².